The fraction of sp³-hybridized carbons (Fsp3) is 1.00. The summed E-state index contributed by atoms with van der Waals surface area (Å²) in [5, 5.41) is 11.9. The second-order valence-electron chi connectivity index (χ2n) is 2.67. The molecule has 1 aliphatic rings. The Morgan fingerprint density at radius 3 is 2.22 bits per heavy atom. The molecule has 0 radical (unpaired) electrons. The molecule has 0 heterocycles. The molecule has 2 unspecified atom stereocenters. The first-order valence-electron chi connectivity index (χ1n) is 3.05. The molecule has 0 amide bonds. The maximum atomic E-state index is 8.76. The van der Waals surface area contributed by atoms with Crippen molar-refractivity contribution in [2.24, 2.45) is 5.92 Å². The summed E-state index contributed by atoms with van der Waals surface area (Å²) >= 11 is 0. The van der Waals surface area contributed by atoms with Gasteiger partial charge in [0.05, 0.1) is 6.61 Å². The Morgan fingerprint density at radius 2 is 2.22 bits per heavy atom. The number of hydrogen-bond acceptors (Lipinski definition) is 2. The van der Waals surface area contributed by atoms with Crippen LogP contribution in [0.5, 0.6) is 0 Å². The van der Waals surface area contributed by atoms with Gasteiger partial charge in [-0.1, -0.05) is 6.92 Å². The minimum Gasteiger partial charge on any atom is -0.394 e. The Bertz CT molecular complexity index is 87.5. The van der Waals surface area contributed by atoms with Crippen molar-refractivity contribution < 1.29 is 5.11 Å². The lowest BCUT2D eigenvalue weighted by atomic mass is 10.2. The van der Waals surface area contributed by atoms with Gasteiger partial charge in [0.15, 0.2) is 0 Å². The van der Waals surface area contributed by atoms with Gasteiger partial charge in [0, 0.05) is 5.54 Å². The van der Waals surface area contributed by atoms with Gasteiger partial charge in [-0.05, 0) is 19.4 Å². The molecule has 0 spiro atoms. The fourth-order valence-corrected chi connectivity index (χ4v) is 1.14. The summed E-state index contributed by atoms with van der Waals surface area (Å²) in [7, 11) is 1.90. The highest BCUT2D eigenvalue weighted by Crippen LogP contribution is 2.41. The van der Waals surface area contributed by atoms with Crippen molar-refractivity contribution in [3.63, 3.8) is 0 Å². The average Bonchev–Trinajstić information content (AvgIpc) is 2.43. The summed E-state index contributed by atoms with van der Waals surface area (Å²) < 4.78 is 0. The molecular formula is C6H14ClNO. The van der Waals surface area contributed by atoms with Crippen molar-refractivity contribution in [3.05, 3.63) is 0 Å². The number of halogens is 1. The zero-order chi connectivity index (χ0) is 6.20. The second-order valence-corrected chi connectivity index (χ2v) is 2.67. The van der Waals surface area contributed by atoms with Crippen molar-refractivity contribution >= 4 is 12.4 Å². The molecule has 2 nitrogen and oxygen atoms in total. The van der Waals surface area contributed by atoms with Gasteiger partial charge in [0.2, 0.25) is 0 Å². The third-order valence-electron chi connectivity index (χ3n) is 2.23. The number of hydrogen-bond donors (Lipinski definition) is 2. The van der Waals surface area contributed by atoms with Gasteiger partial charge in [0.1, 0.15) is 0 Å². The maximum Gasteiger partial charge on any atom is 0.0615 e. The van der Waals surface area contributed by atoms with Crippen LogP contribution in [0.25, 0.3) is 0 Å². The van der Waals surface area contributed by atoms with E-state index in [4.69, 9.17) is 5.11 Å². The van der Waals surface area contributed by atoms with E-state index in [1.807, 2.05) is 7.05 Å². The van der Waals surface area contributed by atoms with Crippen molar-refractivity contribution in [1.82, 2.24) is 5.32 Å². The number of aliphatic hydroxyl groups excluding tert-OH is 1. The monoisotopic (exact) mass is 151 g/mol. The largest absolute Gasteiger partial charge is 0.394 e. The summed E-state index contributed by atoms with van der Waals surface area (Å²) in [6, 6.07) is 0. The Balaban J connectivity index is 0.000000640. The van der Waals surface area contributed by atoms with Gasteiger partial charge >= 0.3 is 0 Å². The van der Waals surface area contributed by atoms with Crippen LogP contribution in [0.3, 0.4) is 0 Å². The normalized spacial score (nSPS) is 39.7. The van der Waals surface area contributed by atoms with Crippen LogP contribution in [0, 0.1) is 5.92 Å². The second kappa shape index (κ2) is 2.86. The highest BCUT2D eigenvalue weighted by atomic mass is 35.5. The lowest BCUT2D eigenvalue weighted by molar-refractivity contribution is 0.228. The molecule has 3 heteroatoms. The summed E-state index contributed by atoms with van der Waals surface area (Å²) in [5.41, 5.74) is 0.0972. The SMILES string of the molecule is CNC1(CO)CC1C.Cl. The van der Waals surface area contributed by atoms with E-state index in [9.17, 15) is 0 Å². The Hall–Kier alpha value is 0.210. The molecule has 2 atom stereocenters. The number of likely N-dealkylation sites (N-methyl/N-ethyl adjacent to an activating group) is 1. The van der Waals surface area contributed by atoms with Crippen LogP contribution in [0.4, 0.5) is 0 Å². The zero-order valence-electron chi connectivity index (χ0n) is 5.85. The van der Waals surface area contributed by atoms with Gasteiger partial charge in [-0.2, -0.15) is 0 Å². The van der Waals surface area contributed by atoms with Gasteiger partial charge in [-0.25, -0.2) is 0 Å². The smallest absolute Gasteiger partial charge is 0.0615 e. The van der Waals surface area contributed by atoms with Gasteiger partial charge in [0.25, 0.3) is 0 Å². The van der Waals surface area contributed by atoms with E-state index in [-0.39, 0.29) is 24.6 Å². The maximum absolute atomic E-state index is 8.76. The van der Waals surface area contributed by atoms with Crippen LogP contribution in [-0.4, -0.2) is 24.3 Å². The molecule has 0 saturated heterocycles. The van der Waals surface area contributed by atoms with Gasteiger partial charge in [-0.3, -0.25) is 0 Å². The van der Waals surface area contributed by atoms with Gasteiger partial charge < -0.3 is 10.4 Å². The lowest BCUT2D eigenvalue weighted by Crippen LogP contribution is -2.33. The molecule has 0 aromatic rings. The zero-order valence-corrected chi connectivity index (χ0v) is 6.66. The van der Waals surface area contributed by atoms with E-state index in [0.717, 1.165) is 6.42 Å². The molecule has 0 aromatic carbocycles. The van der Waals surface area contributed by atoms with Crippen molar-refractivity contribution in [2.45, 2.75) is 18.9 Å². The quantitative estimate of drug-likeness (QED) is 0.599. The Labute approximate surface area is 62.1 Å². The topological polar surface area (TPSA) is 32.3 Å². The standard InChI is InChI=1S/C6H13NO.ClH/c1-5-3-6(5,4-8)7-2;/h5,7-8H,3-4H2,1-2H3;1H. The third kappa shape index (κ3) is 1.37. The van der Waals surface area contributed by atoms with E-state index >= 15 is 0 Å². The van der Waals surface area contributed by atoms with E-state index < -0.39 is 0 Å². The Morgan fingerprint density at radius 1 is 1.78 bits per heavy atom. The summed E-state index contributed by atoms with van der Waals surface area (Å²) in [6.45, 7) is 2.43. The lowest BCUT2D eigenvalue weighted by Gasteiger charge is -2.09. The first kappa shape index (κ1) is 9.21. The predicted octanol–water partition coefficient (Wildman–Crippen LogP) is 0.398. The summed E-state index contributed by atoms with van der Waals surface area (Å²) in [5.74, 6) is 0.664. The first-order chi connectivity index (χ1) is 3.75. The number of rotatable bonds is 2. The molecular weight excluding hydrogens is 138 g/mol. The summed E-state index contributed by atoms with van der Waals surface area (Å²) in [4.78, 5) is 0. The molecule has 0 bridgehead atoms. The van der Waals surface area contributed by atoms with E-state index in [1.54, 1.807) is 0 Å². The number of nitrogens with one attached hydrogen (secondary N) is 1. The molecule has 9 heavy (non-hydrogen) atoms. The minimum atomic E-state index is 0. The van der Waals surface area contributed by atoms with Crippen LogP contribution in [-0.2, 0) is 0 Å². The van der Waals surface area contributed by atoms with E-state index in [0.29, 0.717) is 5.92 Å². The molecule has 2 N–H and O–H groups in total. The molecule has 1 saturated carbocycles. The first-order valence-corrected chi connectivity index (χ1v) is 3.05. The number of aliphatic hydroxyl groups is 1. The highest BCUT2D eigenvalue weighted by molar-refractivity contribution is 5.85. The van der Waals surface area contributed by atoms with Crippen LogP contribution in [0.1, 0.15) is 13.3 Å². The van der Waals surface area contributed by atoms with Crippen LogP contribution in [0.2, 0.25) is 0 Å². The van der Waals surface area contributed by atoms with E-state index in [2.05, 4.69) is 12.2 Å². The van der Waals surface area contributed by atoms with Crippen molar-refractivity contribution in [2.75, 3.05) is 13.7 Å². The average molecular weight is 152 g/mol. The molecule has 1 rings (SSSR count). The molecule has 0 aromatic heterocycles. The summed E-state index contributed by atoms with van der Waals surface area (Å²) in [6.07, 6.45) is 1.12. The molecule has 0 aliphatic heterocycles. The molecule has 1 aliphatic carbocycles. The van der Waals surface area contributed by atoms with Crippen molar-refractivity contribution in [1.29, 1.82) is 0 Å². The predicted molar refractivity (Wildman–Crippen MR) is 39.9 cm³/mol. The van der Waals surface area contributed by atoms with Crippen LogP contribution >= 0.6 is 12.4 Å². The van der Waals surface area contributed by atoms with Gasteiger partial charge in [-0.15, -0.1) is 12.4 Å². The molecule has 1 fully saturated rings. The third-order valence-corrected chi connectivity index (χ3v) is 2.23. The van der Waals surface area contributed by atoms with Crippen LogP contribution < -0.4 is 5.32 Å². The van der Waals surface area contributed by atoms with Crippen LogP contribution in [0.15, 0.2) is 0 Å². The minimum absolute atomic E-state index is 0. The Kier molecular flexibility index (Phi) is 2.93. The fourth-order valence-electron chi connectivity index (χ4n) is 1.14. The molecule has 56 valence electrons. The highest BCUT2D eigenvalue weighted by Gasteiger charge is 2.49. The van der Waals surface area contributed by atoms with Crippen molar-refractivity contribution in [3.8, 4) is 0 Å². The van der Waals surface area contributed by atoms with E-state index in [1.165, 1.54) is 0 Å².